The predicted octanol–water partition coefficient (Wildman–Crippen LogP) is 13.5. The molecule has 7 aromatic rings. The smallest absolute Gasteiger partial charge is 0.0476 e. The minimum absolute atomic E-state index is 0.412. The molecule has 4 saturated carbocycles. The molecule has 240 valence electrons. The third kappa shape index (κ3) is 5.06. The molecule has 49 heavy (non-hydrogen) atoms. The molecule has 11 rings (SSSR count). The van der Waals surface area contributed by atoms with Crippen molar-refractivity contribution in [2.45, 2.75) is 43.9 Å². The van der Waals surface area contributed by atoms with Gasteiger partial charge in [0.25, 0.3) is 0 Å². The molecular formula is C46H40N2S. The number of benzene rings is 6. The zero-order valence-electron chi connectivity index (χ0n) is 27.7. The Hall–Kier alpha value is -4.86. The van der Waals surface area contributed by atoms with Crippen molar-refractivity contribution in [1.29, 1.82) is 0 Å². The quantitative estimate of drug-likeness (QED) is 0.169. The van der Waals surface area contributed by atoms with E-state index < -0.39 is 0 Å². The second kappa shape index (κ2) is 11.6. The van der Waals surface area contributed by atoms with Crippen molar-refractivity contribution >= 4 is 65.6 Å². The van der Waals surface area contributed by atoms with Crippen molar-refractivity contribution in [3.8, 4) is 0 Å². The fourth-order valence-corrected chi connectivity index (χ4v) is 11.2. The monoisotopic (exact) mass is 652 g/mol. The normalized spacial score (nSPS) is 22.5. The van der Waals surface area contributed by atoms with Crippen molar-refractivity contribution in [1.82, 2.24) is 0 Å². The summed E-state index contributed by atoms with van der Waals surface area (Å²) >= 11 is 1.88. The van der Waals surface area contributed by atoms with Crippen LogP contribution in [0.2, 0.25) is 0 Å². The molecule has 0 amide bonds. The van der Waals surface area contributed by atoms with Crippen molar-refractivity contribution < 1.29 is 0 Å². The van der Waals surface area contributed by atoms with E-state index >= 15 is 0 Å². The van der Waals surface area contributed by atoms with Gasteiger partial charge in [-0.3, -0.25) is 0 Å². The molecule has 4 fully saturated rings. The maximum Gasteiger partial charge on any atom is 0.0476 e. The van der Waals surface area contributed by atoms with Gasteiger partial charge in [-0.15, -0.1) is 11.3 Å². The number of nitrogens with zero attached hydrogens (tertiary/aromatic N) is 2. The van der Waals surface area contributed by atoms with Crippen molar-refractivity contribution in [3.63, 3.8) is 0 Å². The van der Waals surface area contributed by atoms with Gasteiger partial charge in [-0.25, -0.2) is 0 Å². The molecule has 0 radical (unpaired) electrons. The Morgan fingerprint density at radius 2 is 0.857 bits per heavy atom. The second-order valence-corrected chi connectivity index (χ2v) is 16.0. The van der Waals surface area contributed by atoms with Gasteiger partial charge in [0.2, 0.25) is 0 Å². The molecule has 2 nitrogen and oxygen atoms in total. The molecule has 6 aromatic carbocycles. The van der Waals surface area contributed by atoms with Crippen molar-refractivity contribution in [2.24, 2.45) is 17.8 Å². The predicted molar refractivity (Wildman–Crippen MR) is 209 cm³/mol. The minimum atomic E-state index is 0.412. The summed E-state index contributed by atoms with van der Waals surface area (Å²) in [6.45, 7) is 0. The molecular weight excluding hydrogens is 613 g/mol. The standard InChI is InChI=1S/C46H40N2S/c1-4-10-36(11-5-1)47(37-12-6-2-7-13-37)41-20-22-42-43-27-40(21-23-44(43)49-45(42)28-41)48(38-14-8-3-9-15-38)39-18-16-35(17-19-39)46-29-32-24-33(30-46)26-34(25-32)31-46/h1-23,27-28,32-34H,24-26,29-31H2. The van der Waals surface area contributed by atoms with Crippen LogP contribution < -0.4 is 9.80 Å². The van der Waals surface area contributed by atoms with Gasteiger partial charge in [-0.1, -0.05) is 72.8 Å². The summed E-state index contributed by atoms with van der Waals surface area (Å²) in [6.07, 6.45) is 8.66. The molecule has 0 atom stereocenters. The molecule has 0 N–H and O–H groups in total. The van der Waals surface area contributed by atoms with E-state index in [2.05, 4.69) is 161 Å². The van der Waals surface area contributed by atoms with Crippen LogP contribution in [0, 0.1) is 17.8 Å². The molecule has 1 heterocycles. The Bertz CT molecular complexity index is 2180. The largest absolute Gasteiger partial charge is 0.310 e. The third-order valence-electron chi connectivity index (χ3n) is 11.8. The summed E-state index contributed by atoms with van der Waals surface area (Å²) in [5.74, 6) is 2.86. The summed E-state index contributed by atoms with van der Waals surface area (Å²) in [4.78, 5) is 4.78. The highest BCUT2D eigenvalue weighted by Gasteiger charge is 2.51. The van der Waals surface area contributed by atoms with Gasteiger partial charge < -0.3 is 9.80 Å². The van der Waals surface area contributed by atoms with Crippen LogP contribution in [0.5, 0.6) is 0 Å². The lowest BCUT2D eigenvalue weighted by Crippen LogP contribution is -2.48. The number of para-hydroxylation sites is 3. The molecule has 4 bridgehead atoms. The van der Waals surface area contributed by atoms with Gasteiger partial charge in [0.05, 0.1) is 0 Å². The van der Waals surface area contributed by atoms with Crippen LogP contribution in [-0.4, -0.2) is 0 Å². The lowest BCUT2D eigenvalue weighted by atomic mass is 9.48. The molecule has 0 aliphatic heterocycles. The zero-order valence-corrected chi connectivity index (χ0v) is 28.5. The van der Waals surface area contributed by atoms with Crippen LogP contribution in [0.4, 0.5) is 34.1 Å². The van der Waals surface area contributed by atoms with E-state index in [0.717, 1.165) is 29.1 Å². The van der Waals surface area contributed by atoms with Crippen LogP contribution in [-0.2, 0) is 5.41 Å². The third-order valence-corrected chi connectivity index (χ3v) is 12.9. The number of thiophene rings is 1. The number of hydrogen-bond acceptors (Lipinski definition) is 3. The highest BCUT2D eigenvalue weighted by atomic mass is 32.1. The van der Waals surface area contributed by atoms with Crippen LogP contribution in [0.25, 0.3) is 20.2 Å². The first-order chi connectivity index (χ1) is 24.2. The highest BCUT2D eigenvalue weighted by Crippen LogP contribution is 2.61. The lowest BCUT2D eigenvalue weighted by Gasteiger charge is -2.57. The van der Waals surface area contributed by atoms with Crippen LogP contribution >= 0.6 is 11.3 Å². The maximum absolute atomic E-state index is 2.48. The summed E-state index contributed by atoms with van der Waals surface area (Å²) in [5.41, 5.74) is 9.08. The summed E-state index contributed by atoms with van der Waals surface area (Å²) in [7, 11) is 0. The first-order valence-corrected chi connectivity index (χ1v) is 18.8. The molecule has 3 heteroatoms. The van der Waals surface area contributed by atoms with E-state index in [1.165, 1.54) is 81.4 Å². The number of fused-ring (bicyclic) bond motifs is 3. The van der Waals surface area contributed by atoms with Gasteiger partial charge >= 0.3 is 0 Å². The second-order valence-electron chi connectivity index (χ2n) is 14.9. The van der Waals surface area contributed by atoms with Crippen LogP contribution in [0.15, 0.2) is 152 Å². The summed E-state index contributed by atoms with van der Waals surface area (Å²) in [6, 6.07) is 55.9. The van der Waals surface area contributed by atoms with Crippen LogP contribution in [0.1, 0.15) is 44.1 Å². The minimum Gasteiger partial charge on any atom is -0.310 e. The Morgan fingerprint density at radius 1 is 0.408 bits per heavy atom. The van der Waals surface area contributed by atoms with Gasteiger partial charge in [-0.2, -0.15) is 0 Å². The Labute approximate surface area is 293 Å². The molecule has 0 spiro atoms. The first-order valence-electron chi connectivity index (χ1n) is 18.0. The number of hydrogen-bond donors (Lipinski definition) is 0. The van der Waals surface area contributed by atoms with E-state index in [9.17, 15) is 0 Å². The highest BCUT2D eigenvalue weighted by molar-refractivity contribution is 7.25. The maximum atomic E-state index is 2.48. The molecule has 1 aromatic heterocycles. The molecule has 4 aliphatic rings. The summed E-state index contributed by atoms with van der Waals surface area (Å²) in [5, 5.41) is 2.61. The van der Waals surface area contributed by atoms with Gasteiger partial charge in [-0.05, 0) is 146 Å². The SMILES string of the molecule is c1ccc(N(c2ccccc2)c2ccc3c(c2)sc2ccc(N(c4ccccc4)c4ccc(C56CC7CC(CC(C7)C5)C6)cc4)cc23)cc1. The number of anilines is 6. The molecule has 0 unspecified atom stereocenters. The zero-order chi connectivity index (χ0) is 32.4. The molecule has 4 aliphatic carbocycles. The van der Waals surface area contributed by atoms with E-state index in [-0.39, 0.29) is 0 Å². The van der Waals surface area contributed by atoms with E-state index in [4.69, 9.17) is 0 Å². The van der Waals surface area contributed by atoms with E-state index in [0.29, 0.717) is 5.41 Å². The number of rotatable bonds is 7. The van der Waals surface area contributed by atoms with Crippen LogP contribution in [0.3, 0.4) is 0 Å². The average Bonchev–Trinajstić information content (AvgIpc) is 3.50. The Kier molecular flexibility index (Phi) is 6.91. The molecule has 0 saturated heterocycles. The Balaban J connectivity index is 1.04. The fraction of sp³-hybridized carbons (Fsp3) is 0.217. The van der Waals surface area contributed by atoms with E-state index in [1.54, 1.807) is 5.56 Å². The van der Waals surface area contributed by atoms with Gasteiger partial charge in [0.15, 0.2) is 0 Å². The van der Waals surface area contributed by atoms with Gasteiger partial charge in [0.1, 0.15) is 0 Å². The lowest BCUT2D eigenvalue weighted by molar-refractivity contribution is -0.00518. The topological polar surface area (TPSA) is 6.48 Å². The Morgan fingerprint density at radius 3 is 1.39 bits per heavy atom. The van der Waals surface area contributed by atoms with E-state index in [1.807, 2.05) is 11.3 Å². The average molecular weight is 653 g/mol. The first kappa shape index (κ1) is 29.1. The summed E-state index contributed by atoms with van der Waals surface area (Å²) < 4.78 is 2.61. The van der Waals surface area contributed by atoms with Crippen molar-refractivity contribution in [3.05, 3.63) is 157 Å². The van der Waals surface area contributed by atoms with Gasteiger partial charge in [0, 0.05) is 54.3 Å². The van der Waals surface area contributed by atoms with Crippen molar-refractivity contribution in [2.75, 3.05) is 9.80 Å². The fourth-order valence-electron chi connectivity index (χ4n) is 10.1.